The second-order valence-corrected chi connectivity index (χ2v) is 3.61. The van der Waals surface area contributed by atoms with E-state index in [1.165, 1.54) is 12.1 Å². The van der Waals surface area contributed by atoms with Crippen LogP contribution in [0.2, 0.25) is 0 Å². The van der Waals surface area contributed by atoms with Crippen LogP contribution >= 0.6 is 15.9 Å². The minimum Gasteiger partial charge on any atom is -0.317 e. The van der Waals surface area contributed by atoms with Gasteiger partial charge in [0.05, 0.1) is 17.3 Å². The summed E-state index contributed by atoms with van der Waals surface area (Å²) < 4.78 is 36.1. The Morgan fingerprint density at radius 1 is 1.44 bits per heavy atom. The lowest BCUT2D eigenvalue weighted by Gasteiger charge is -2.09. The highest BCUT2D eigenvalue weighted by atomic mass is 79.9. The van der Waals surface area contributed by atoms with Gasteiger partial charge in [-0.15, -0.1) is 0 Å². The lowest BCUT2D eigenvalue weighted by molar-refractivity contribution is -0.167. The van der Waals surface area contributed by atoms with E-state index in [1.807, 2.05) is 0 Å². The lowest BCUT2D eigenvalue weighted by Crippen LogP contribution is -2.30. The first-order chi connectivity index (χ1) is 7.34. The number of rotatable bonds is 1. The maximum Gasteiger partial charge on any atom is 0.471 e. The van der Waals surface area contributed by atoms with Crippen LogP contribution in [0.1, 0.15) is 5.56 Å². The van der Waals surface area contributed by atoms with Gasteiger partial charge in [-0.05, 0) is 34.1 Å². The molecule has 0 radical (unpaired) electrons. The number of alkyl halides is 3. The number of hydrogen-bond donors (Lipinski definition) is 1. The summed E-state index contributed by atoms with van der Waals surface area (Å²) in [7, 11) is 0. The zero-order valence-electron chi connectivity index (χ0n) is 7.60. The van der Waals surface area contributed by atoms with Gasteiger partial charge in [0.25, 0.3) is 0 Å². The normalized spacial score (nSPS) is 10.7. The van der Waals surface area contributed by atoms with E-state index in [0.717, 1.165) is 6.07 Å². The van der Waals surface area contributed by atoms with Crippen molar-refractivity contribution < 1.29 is 18.0 Å². The Bertz CT molecular complexity index is 465. The van der Waals surface area contributed by atoms with Gasteiger partial charge < -0.3 is 5.32 Å². The average molecular weight is 293 g/mol. The topological polar surface area (TPSA) is 52.9 Å². The van der Waals surface area contributed by atoms with E-state index in [2.05, 4.69) is 15.9 Å². The van der Waals surface area contributed by atoms with Gasteiger partial charge in [-0.1, -0.05) is 0 Å². The van der Waals surface area contributed by atoms with Crippen molar-refractivity contribution in [3.8, 4) is 6.07 Å². The quantitative estimate of drug-likeness (QED) is 0.865. The Balaban J connectivity index is 2.98. The summed E-state index contributed by atoms with van der Waals surface area (Å²) in [6.07, 6.45) is -4.96. The molecule has 16 heavy (non-hydrogen) atoms. The molecular weight excluding hydrogens is 289 g/mol. The fourth-order valence-electron chi connectivity index (χ4n) is 0.884. The van der Waals surface area contributed by atoms with Crippen molar-refractivity contribution in [2.24, 2.45) is 0 Å². The van der Waals surface area contributed by atoms with Crippen LogP contribution in [0.15, 0.2) is 22.7 Å². The van der Waals surface area contributed by atoms with Crippen molar-refractivity contribution in [1.82, 2.24) is 0 Å². The Hall–Kier alpha value is -1.55. The summed E-state index contributed by atoms with van der Waals surface area (Å²) in [5.41, 5.74) is 0.0575. The van der Waals surface area contributed by atoms with Crippen molar-refractivity contribution >= 4 is 27.5 Å². The van der Waals surface area contributed by atoms with Crippen molar-refractivity contribution in [1.29, 1.82) is 5.26 Å². The van der Waals surface area contributed by atoms with Crippen molar-refractivity contribution in [2.75, 3.05) is 5.32 Å². The van der Waals surface area contributed by atoms with E-state index in [-0.39, 0.29) is 15.7 Å². The van der Waals surface area contributed by atoms with Crippen LogP contribution in [0.25, 0.3) is 0 Å². The number of benzene rings is 1. The second-order valence-electron chi connectivity index (χ2n) is 2.76. The number of nitrogens with zero attached hydrogens (tertiary/aromatic N) is 1. The summed E-state index contributed by atoms with van der Waals surface area (Å²) in [5, 5.41) is 10.2. The molecular formula is C9H4BrF3N2O. The van der Waals surface area contributed by atoms with Crippen LogP contribution in [-0.4, -0.2) is 12.1 Å². The molecule has 3 nitrogen and oxygen atoms in total. The first-order valence-electron chi connectivity index (χ1n) is 3.92. The summed E-state index contributed by atoms with van der Waals surface area (Å²) >= 11 is 2.96. The summed E-state index contributed by atoms with van der Waals surface area (Å²) in [5.74, 6) is -2.08. The van der Waals surface area contributed by atoms with Gasteiger partial charge in [-0.2, -0.15) is 18.4 Å². The number of nitrogens with one attached hydrogen (secondary N) is 1. The molecule has 0 aromatic heterocycles. The molecule has 0 bridgehead atoms. The highest BCUT2D eigenvalue weighted by Gasteiger charge is 2.38. The first-order valence-corrected chi connectivity index (χ1v) is 4.71. The molecule has 0 atom stereocenters. The van der Waals surface area contributed by atoms with Gasteiger partial charge in [0.2, 0.25) is 0 Å². The molecule has 0 spiro atoms. The minimum atomic E-state index is -4.96. The van der Waals surface area contributed by atoms with E-state index >= 15 is 0 Å². The number of nitriles is 1. The van der Waals surface area contributed by atoms with Crippen LogP contribution in [0.5, 0.6) is 0 Å². The van der Waals surface area contributed by atoms with Crippen molar-refractivity contribution in [2.45, 2.75) is 6.18 Å². The number of amides is 1. The zero-order valence-corrected chi connectivity index (χ0v) is 9.19. The Labute approximate surface area is 97.0 Å². The molecule has 0 saturated heterocycles. The van der Waals surface area contributed by atoms with Gasteiger partial charge in [-0.25, -0.2) is 0 Å². The molecule has 1 aromatic rings. The third kappa shape index (κ3) is 2.97. The zero-order chi connectivity index (χ0) is 12.3. The number of anilines is 1. The molecule has 0 heterocycles. The fourth-order valence-corrected chi connectivity index (χ4v) is 1.23. The maximum atomic E-state index is 12.0. The Kier molecular flexibility index (Phi) is 3.55. The third-order valence-corrected chi connectivity index (χ3v) is 2.29. The van der Waals surface area contributed by atoms with Crippen LogP contribution in [-0.2, 0) is 4.79 Å². The standard InChI is InChI=1S/C9H4BrF3N2O/c10-6-2-1-5(4-14)3-7(6)15-8(16)9(11,12)13/h1-3H,(H,15,16). The van der Waals surface area contributed by atoms with Gasteiger partial charge in [-0.3, -0.25) is 4.79 Å². The molecule has 1 amide bonds. The van der Waals surface area contributed by atoms with E-state index in [0.29, 0.717) is 0 Å². The fraction of sp³-hybridized carbons (Fsp3) is 0.111. The molecule has 7 heteroatoms. The Morgan fingerprint density at radius 2 is 2.06 bits per heavy atom. The molecule has 0 fully saturated rings. The minimum absolute atomic E-state index is 0.0959. The highest BCUT2D eigenvalue weighted by Crippen LogP contribution is 2.25. The monoisotopic (exact) mass is 292 g/mol. The van der Waals surface area contributed by atoms with Crippen LogP contribution < -0.4 is 5.32 Å². The number of carbonyl (C=O) groups is 1. The molecule has 0 aliphatic carbocycles. The summed E-state index contributed by atoms with van der Waals surface area (Å²) in [4.78, 5) is 10.6. The van der Waals surface area contributed by atoms with Crippen LogP contribution in [0.3, 0.4) is 0 Å². The number of carbonyl (C=O) groups excluding carboxylic acids is 1. The molecule has 1 N–H and O–H groups in total. The lowest BCUT2D eigenvalue weighted by atomic mass is 10.2. The third-order valence-electron chi connectivity index (χ3n) is 1.60. The van der Waals surface area contributed by atoms with Crippen LogP contribution in [0, 0.1) is 11.3 Å². The van der Waals surface area contributed by atoms with E-state index in [9.17, 15) is 18.0 Å². The van der Waals surface area contributed by atoms with Gasteiger partial charge in [0.15, 0.2) is 0 Å². The van der Waals surface area contributed by atoms with Crippen molar-refractivity contribution in [3.05, 3.63) is 28.2 Å². The molecule has 0 aliphatic heterocycles. The second kappa shape index (κ2) is 4.53. The van der Waals surface area contributed by atoms with Crippen LogP contribution in [0.4, 0.5) is 18.9 Å². The Morgan fingerprint density at radius 3 is 2.56 bits per heavy atom. The molecule has 0 saturated carbocycles. The molecule has 0 unspecified atom stereocenters. The molecule has 0 aliphatic rings. The molecule has 1 rings (SSSR count). The smallest absolute Gasteiger partial charge is 0.317 e. The maximum absolute atomic E-state index is 12.0. The summed E-state index contributed by atoms with van der Waals surface area (Å²) in [6.45, 7) is 0. The van der Waals surface area contributed by atoms with E-state index in [4.69, 9.17) is 5.26 Å². The van der Waals surface area contributed by atoms with Gasteiger partial charge >= 0.3 is 12.1 Å². The molecule has 84 valence electrons. The highest BCUT2D eigenvalue weighted by molar-refractivity contribution is 9.10. The first kappa shape index (κ1) is 12.5. The predicted molar refractivity (Wildman–Crippen MR) is 53.5 cm³/mol. The van der Waals surface area contributed by atoms with E-state index in [1.54, 1.807) is 11.4 Å². The average Bonchev–Trinajstić information content (AvgIpc) is 2.19. The van der Waals surface area contributed by atoms with Crippen molar-refractivity contribution in [3.63, 3.8) is 0 Å². The SMILES string of the molecule is N#Cc1ccc(Br)c(NC(=O)C(F)(F)F)c1. The largest absolute Gasteiger partial charge is 0.471 e. The number of halogens is 4. The van der Waals surface area contributed by atoms with Gasteiger partial charge in [0.1, 0.15) is 0 Å². The molecule has 1 aromatic carbocycles. The van der Waals surface area contributed by atoms with E-state index < -0.39 is 12.1 Å². The van der Waals surface area contributed by atoms with Gasteiger partial charge in [0, 0.05) is 4.47 Å². The number of hydrogen-bond acceptors (Lipinski definition) is 2. The summed E-state index contributed by atoms with van der Waals surface area (Å²) in [6, 6.07) is 5.69. The predicted octanol–water partition coefficient (Wildman–Crippen LogP) is 2.82.